The van der Waals surface area contributed by atoms with Gasteiger partial charge in [-0.3, -0.25) is 9.59 Å². The van der Waals surface area contributed by atoms with Gasteiger partial charge >= 0.3 is 0 Å². The lowest BCUT2D eigenvalue weighted by molar-refractivity contribution is -0.131. The summed E-state index contributed by atoms with van der Waals surface area (Å²) < 4.78 is 0. The molecular weight excluding hydrogens is 218 g/mol. The Morgan fingerprint density at radius 1 is 1.29 bits per heavy atom. The Labute approximate surface area is 103 Å². The van der Waals surface area contributed by atoms with Gasteiger partial charge in [0, 0.05) is 32.6 Å². The molecule has 2 amide bonds. The van der Waals surface area contributed by atoms with Crippen molar-refractivity contribution in [2.24, 2.45) is 11.1 Å². The number of rotatable bonds is 5. The van der Waals surface area contributed by atoms with Crippen LogP contribution in [-0.4, -0.2) is 42.9 Å². The number of hydrogen-bond donors (Lipinski definition) is 2. The molecule has 98 valence electrons. The van der Waals surface area contributed by atoms with Crippen LogP contribution >= 0.6 is 0 Å². The van der Waals surface area contributed by atoms with Gasteiger partial charge in [-0.1, -0.05) is 0 Å². The van der Waals surface area contributed by atoms with Crippen molar-refractivity contribution in [1.82, 2.24) is 10.2 Å². The molecule has 0 radical (unpaired) electrons. The number of amides is 2. The Hall–Kier alpha value is -1.10. The van der Waals surface area contributed by atoms with Gasteiger partial charge in [-0.25, -0.2) is 0 Å². The van der Waals surface area contributed by atoms with Gasteiger partial charge in [0.15, 0.2) is 0 Å². The second-order valence-electron chi connectivity index (χ2n) is 5.18. The minimum absolute atomic E-state index is 0.0887. The Morgan fingerprint density at radius 3 is 2.41 bits per heavy atom. The van der Waals surface area contributed by atoms with Gasteiger partial charge in [0.1, 0.15) is 0 Å². The van der Waals surface area contributed by atoms with Crippen LogP contribution in [0, 0.1) is 5.41 Å². The first-order valence-corrected chi connectivity index (χ1v) is 6.23. The normalized spacial score (nSPS) is 16.1. The molecular formula is C12H23N3O2. The maximum Gasteiger partial charge on any atom is 0.226 e. The molecule has 1 heterocycles. The third-order valence-corrected chi connectivity index (χ3v) is 3.21. The zero-order chi connectivity index (χ0) is 12.9. The Kier molecular flexibility index (Phi) is 4.93. The van der Waals surface area contributed by atoms with Crippen LogP contribution in [0.3, 0.4) is 0 Å². The summed E-state index contributed by atoms with van der Waals surface area (Å²) in [6.45, 7) is 6.02. The Bertz CT molecular complexity index is 283. The van der Waals surface area contributed by atoms with Gasteiger partial charge in [0.2, 0.25) is 11.8 Å². The molecule has 0 bridgehead atoms. The predicted molar refractivity (Wildman–Crippen MR) is 66.3 cm³/mol. The summed E-state index contributed by atoms with van der Waals surface area (Å²) in [6.07, 6.45) is 2.57. The molecule has 0 spiro atoms. The molecule has 0 aromatic heterocycles. The Balaban J connectivity index is 2.23. The molecule has 0 saturated carbocycles. The smallest absolute Gasteiger partial charge is 0.226 e. The van der Waals surface area contributed by atoms with E-state index in [4.69, 9.17) is 5.73 Å². The van der Waals surface area contributed by atoms with Crippen molar-refractivity contribution < 1.29 is 9.59 Å². The molecule has 0 aromatic carbocycles. The SMILES string of the molecule is CC(C)(CN)C(=O)NCCC(=O)N1CCCC1. The molecule has 0 unspecified atom stereocenters. The predicted octanol–water partition coefficient (Wildman–Crippen LogP) is 0.100. The largest absolute Gasteiger partial charge is 0.355 e. The number of nitrogens with two attached hydrogens (primary N) is 1. The second kappa shape index (κ2) is 6.00. The van der Waals surface area contributed by atoms with Crippen LogP contribution in [0.2, 0.25) is 0 Å². The van der Waals surface area contributed by atoms with Crippen molar-refractivity contribution in [3.63, 3.8) is 0 Å². The van der Waals surface area contributed by atoms with Gasteiger partial charge in [0.25, 0.3) is 0 Å². The maximum absolute atomic E-state index is 11.7. The molecule has 5 nitrogen and oxygen atoms in total. The van der Waals surface area contributed by atoms with Gasteiger partial charge in [-0.2, -0.15) is 0 Å². The van der Waals surface area contributed by atoms with Crippen LogP contribution in [-0.2, 0) is 9.59 Å². The average Bonchev–Trinajstić information content (AvgIpc) is 2.82. The maximum atomic E-state index is 11.7. The van der Waals surface area contributed by atoms with E-state index in [0.29, 0.717) is 19.5 Å². The van der Waals surface area contributed by atoms with Crippen molar-refractivity contribution in [1.29, 1.82) is 0 Å². The van der Waals surface area contributed by atoms with Crippen molar-refractivity contribution in [2.75, 3.05) is 26.2 Å². The summed E-state index contributed by atoms with van der Waals surface area (Å²) in [5, 5.41) is 2.76. The summed E-state index contributed by atoms with van der Waals surface area (Å²) in [7, 11) is 0. The van der Waals surface area contributed by atoms with E-state index in [0.717, 1.165) is 25.9 Å². The van der Waals surface area contributed by atoms with E-state index in [1.807, 2.05) is 4.90 Å². The van der Waals surface area contributed by atoms with E-state index in [1.165, 1.54) is 0 Å². The first-order valence-electron chi connectivity index (χ1n) is 6.23. The number of likely N-dealkylation sites (tertiary alicyclic amines) is 1. The van der Waals surface area contributed by atoms with Gasteiger partial charge in [0.05, 0.1) is 5.41 Å². The van der Waals surface area contributed by atoms with Crippen molar-refractivity contribution in [3.8, 4) is 0 Å². The molecule has 5 heteroatoms. The van der Waals surface area contributed by atoms with Crippen LogP contribution < -0.4 is 11.1 Å². The lowest BCUT2D eigenvalue weighted by atomic mass is 9.93. The molecule has 1 saturated heterocycles. The zero-order valence-electron chi connectivity index (χ0n) is 10.8. The highest BCUT2D eigenvalue weighted by molar-refractivity contribution is 5.83. The van der Waals surface area contributed by atoms with Crippen LogP contribution in [0.25, 0.3) is 0 Å². The third-order valence-electron chi connectivity index (χ3n) is 3.21. The van der Waals surface area contributed by atoms with Crippen molar-refractivity contribution in [2.45, 2.75) is 33.1 Å². The minimum Gasteiger partial charge on any atom is -0.355 e. The fourth-order valence-electron chi connectivity index (χ4n) is 1.74. The number of hydrogen-bond acceptors (Lipinski definition) is 3. The first-order chi connectivity index (χ1) is 7.97. The van der Waals surface area contributed by atoms with Crippen molar-refractivity contribution in [3.05, 3.63) is 0 Å². The summed E-state index contributed by atoms with van der Waals surface area (Å²) >= 11 is 0. The fraction of sp³-hybridized carbons (Fsp3) is 0.833. The fourth-order valence-corrected chi connectivity index (χ4v) is 1.74. The highest BCUT2D eigenvalue weighted by atomic mass is 16.2. The molecule has 1 rings (SSSR count). The van der Waals surface area contributed by atoms with Gasteiger partial charge in [-0.15, -0.1) is 0 Å². The van der Waals surface area contributed by atoms with Crippen LogP contribution in [0.4, 0.5) is 0 Å². The summed E-state index contributed by atoms with van der Waals surface area (Å²) in [5.74, 6) is 0.0441. The molecule has 1 aliphatic rings. The highest BCUT2D eigenvalue weighted by Gasteiger charge is 2.25. The molecule has 1 aliphatic heterocycles. The molecule has 0 aromatic rings. The standard InChI is InChI=1S/C12H23N3O2/c1-12(2,9-13)11(17)14-6-5-10(16)15-7-3-4-8-15/h3-9,13H2,1-2H3,(H,14,17). The van der Waals surface area contributed by atoms with Crippen LogP contribution in [0.15, 0.2) is 0 Å². The number of nitrogens with zero attached hydrogens (tertiary/aromatic N) is 1. The summed E-state index contributed by atoms with van der Waals surface area (Å²) in [5.41, 5.74) is 4.94. The molecule has 17 heavy (non-hydrogen) atoms. The van der Waals surface area contributed by atoms with Crippen LogP contribution in [0.5, 0.6) is 0 Å². The van der Waals surface area contributed by atoms with Gasteiger partial charge in [-0.05, 0) is 26.7 Å². The molecule has 1 fully saturated rings. The van der Waals surface area contributed by atoms with E-state index < -0.39 is 5.41 Å². The zero-order valence-corrected chi connectivity index (χ0v) is 10.8. The van der Waals surface area contributed by atoms with E-state index in [-0.39, 0.29) is 11.8 Å². The second-order valence-corrected chi connectivity index (χ2v) is 5.18. The monoisotopic (exact) mass is 241 g/mol. The average molecular weight is 241 g/mol. The quantitative estimate of drug-likeness (QED) is 0.717. The summed E-state index contributed by atoms with van der Waals surface area (Å²) in [6, 6.07) is 0. The number of carbonyl (C=O) groups is 2. The van der Waals surface area contributed by atoms with Gasteiger partial charge < -0.3 is 16.0 Å². The Morgan fingerprint density at radius 2 is 1.88 bits per heavy atom. The van der Waals surface area contributed by atoms with Crippen LogP contribution in [0.1, 0.15) is 33.1 Å². The summed E-state index contributed by atoms with van der Waals surface area (Å²) in [4.78, 5) is 25.2. The number of nitrogens with one attached hydrogen (secondary N) is 1. The molecule has 3 N–H and O–H groups in total. The number of carbonyl (C=O) groups excluding carboxylic acids is 2. The lowest BCUT2D eigenvalue weighted by Crippen LogP contribution is -2.43. The lowest BCUT2D eigenvalue weighted by Gasteiger charge is -2.21. The van der Waals surface area contributed by atoms with E-state index in [1.54, 1.807) is 13.8 Å². The third kappa shape index (κ3) is 4.00. The first kappa shape index (κ1) is 14.0. The highest BCUT2D eigenvalue weighted by Crippen LogP contribution is 2.12. The van der Waals surface area contributed by atoms with E-state index in [2.05, 4.69) is 5.32 Å². The molecule has 0 aliphatic carbocycles. The minimum atomic E-state index is -0.559. The van der Waals surface area contributed by atoms with Crippen molar-refractivity contribution >= 4 is 11.8 Å². The molecule has 0 atom stereocenters. The van der Waals surface area contributed by atoms with E-state index in [9.17, 15) is 9.59 Å². The van der Waals surface area contributed by atoms with E-state index >= 15 is 0 Å². The topological polar surface area (TPSA) is 75.4 Å².